The van der Waals surface area contributed by atoms with Gasteiger partial charge in [-0.25, -0.2) is 0 Å². The number of amides is 1. The molecule has 1 amide bonds. The first-order valence-corrected chi connectivity index (χ1v) is 8.87. The van der Waals surface area contributed by atoms with Crippen LogP contribution in [0.2, 0.25) is 0 Å². The summed E-state index contributed by atoms with van der Waals surface area (Å²) >= 11 is 0. The van der Waals surface area contributed by atoms with E-state index < -0.39 is 4.92 Å². The number of non-ortho nitro benzene ring substituents is 1. The van der Waals surface area contributed by atoms with Crippen molar-refractivity contribution in [1.29, 1.82) is 0 Å². The summed E-state index contributed by atoms with van der Waals surface area (Å²) in [7, 11) is 0. The lowest BCUT2D eigenvalue weighted by Crippen LogP contribution is -2.24. The number of nitrogens with one attached hydrogen (secondary N) is 1. The summed E-state index contributed by atoms with van der Waals surface area (Å²) in [5.41, 5.74) is 4.72. The van der Waals surface area contributed by atoms with Crippen LogP contribution in [0.4, 0.5) is 5.69 Å². The zero-order valence-corrected chi connectivity index (χ0v) is 14.8. The molecule has 1 aliphatic carbocycles. The summed E-state index contributed by atoms with van der Waals surface area (Å²) in [6.07, 6.45) is 7.86. The van der Waals surface area contributed by atoms with Crippen molar-refractivity contribution in [1.82, 2.24) is 5.32 Å². The fourth-order valence-electron chi connectivity index (χ4n) is 3.25. The first-order chi connectivity index (χ1) is 12.5. The molecule has 1 atom stereocenters. The normalized spacial score (nSPS) is 14.7. The fourth-order valence-corrected chi connectivity index (χ4v) is 3.25. The van der Waals surface area contributed by atoms with Crippen LogP contribution in [0.25, 0.3) is 6.08 Å². The molecule has 1 aliphatic rings. The quantitative estimate of drug-likeness (QED) is 0.494. The number of aryl methyl sites for hydroxylation is 2. The lowest BCUT2D eigenvalue weighted by Gasteiger charge is -2.19. The number of nitro groups is 1. The second-order valence-corrected chi connectivity index (χ2v) is 6.65. The molecule has 3 rings (SSSR count). The van der Waals surface area contributed by atoms with Crippen molar-refractivity contribution in [2.24, 2.45) is 0 Å². The molecule has 0 aromatic heterocycles. The van der Waals surface area contributed by atoms with Crippen molar-refractivity contribution >= 4 is 17.7 Å². The van der Waals surface area contributed by atoms with Crippen LogP contribution >= 0.6 is 0 Å². The minimum absolute atomic E-state index is 0.0348. The average Bonchev–Trinajstić information content (AvgIpc) is 2.66. The molecule has 1 N–H and O–H groups in total. The summed E-state index contributed by atoms with van der Waals surface area (Å²) < 4.78 is 0. The van der Waals surface area contributed by atoms with Gasteiger partial charge in [0.25, 0.3) is 5.69 Å². The van der Waals surface area contributed by atoms with Gasteiger partial charge in [-0.15, -0.1) is 0 Å². The Balaban J connectivity index is 1.61. The van der Waals surface area contributed by atoms with Gasteiger partial charge in [-0.3, -0.25) is 14.9 Å². The smallest absolute Gasteiger partial charge is 0.269 e. The third kappa shape index (κ3) is 4.36. The second kappa shape index (κ2) is 7.95. The Bertz CT molecular complexity index is 841. The summed E-state index contributed by atoms with van der Waals surface area (Å²) in [6, 6.07) is 12.5. The van der Waals surface area contributed by atoms with E-state index in [0.29, 0.717) is 0 Å². The maximum atomic E-state index is 12.2. The van der Waals surface area contributed by atoms with Crippen LogP contribution < -0.4 is 5.32 Å². The molecule has 5 nitrogen and oxygen atoms in total. The van der Waals surface area contributed by atoms with Crippen LogP contribution in [0.1, 0.15) is 48.1 Å². The third-order valence-electron chi connectivity index (χ3n) is 4.76. The number of carbonyl (C=O) groups excluding carboxylic acids is 1. The molecule has 0 bridgehead atoms. The first-order valence-electron chi connectivity index (χ1n) is 8.87. The van der Waals surface area contributed by atoms with Crippen LogP contribution in [0, 0.1) is 10.1 Å². The van der Waals surface area contributed by atoms with Gasteiger partial charge in [0.05, 0.1) is 11.0 Å². The largest absolute Gasteiger partial charge is 0.346 e. The zero-order valence-electron chi connectivity index (χ0n) is 14.8. The maximum absolute atomic E-state index is 12.2. The van der Waals surface area contributed by atoms with Crippen molar-refractivity contribution in [3.8, 4) is 0 Å². The average molecular weight is 350 g/mol. The number of nitro benzene ring substituents is 1. The first kappa shape index (κ1) is 17.9. The van der Waals surface area contributed by atoms with E-state index >= 15 is 0 Å². The number of nitrogens with zero attached hydrogens (tertiary/aromatic N) is 1. The lowest BCUT2D eigenvalue weighted by atomic mass is 9.89. The summed E-state index contributed by atoms with van der Waals surface area (Å²) in [4.78, 5) is 22.4. The summed E-state index contributed by atoms with van der Waals surface area (Å²) in [5.74, 6) is -0.187. The highest BCUT2D eigenvalue weighted by Gasteiger charge is 2.13. The molecule has 0 radical (unpaired) electrons. The molecule has 134 valence electrons. The minimum Gasteiger partial charge on any atom is -0.346 e. The van der Waals surface area contributed by atoms with Crippen LogP contribution in [0.5, 0.6) is 0 Å². The number of hydrogen-bond acceptors (Lipinski definition) is 3. The van der Waals surface area contributed by atoms with E-state index in [1.165, 1.54) is 42.2 Å². The Hall–Kier alpha value is -2.95. The molecule has 2 aromatic rings. The van der Waals surface area contributed by atoms with Gasteiger partial charge in [0.15, 0.2) is 0 Å². The molecule has 5 heteroatoms. The molecule has 0 saturated carbocycles. The lowest BCUT2D eigenvalue weighted by molar-refractivity contribution is -0.384. The van der Waals surface area contributed by atoms with E-state index in [0.717, 1.165) is 24.0 Å². The van der Waals surface area contributed by atoms with Crippen molar-refractivity contribution in [2.45, 2.75) is 38.6 Å². The van der Waals surface area contributed by atoms with E-state index in [4.69, 9.17) is 0 Å². The Morgan fingerprint density at radius 1 is 1.12 bits per heavy atom. The van der Waals surface area contributed by atoms with Crippen molar-refractivity contribution in [2.75, 3.05) is 0 Å². The SMILES string of the molecule is C[C@@H](NC(=O)/C=C/c1ccc([N+](=O)[O-])cc1)c1ccc2c(c1)CCCC2. The predicted octanol–water partition coefficient (Wildman–Crippen LogP) is 4.36. The van der Waals surface area contributed by atoms with Crippen molar-refractivity contribution in [3.05, 3.63) is 80.9 Å². The van der Waals surface area contributed by atoms with Crippen LogP contribution in [0.15, 0.2) is 48.5 Å². The predicted molar refractivity (Wildman–Crippen MR) is 102 cm³/mol. The van der Waals surface area contributed by atoms with Gasteiger partial charge < -0.3 is 5.32 Å². The van der Waals surface area contributed by atoms with Gasteiger partial charge in [-0.2, -0.15) is 0 Å². The Kier molecular flexibility index (Phi) is 5.46. The van der Waals surface area contributed by atoms with E-state index in [1.54, 1.807) is 18.2 Å². The van der Waals surface area contributed by atoms with E-state index in [2.05, 4.69) is 23.5 Å². The molecule has 26 heavy (non-hydrogen) atoms. The standard InChI is InChI=1S/C21H22N2O3/c1-15(18-10-9-17-4-2-3-5-19(17)14-18)22-21(24)13-8-16-6-11-20(12-7-16)23(25)26/h6-15H,2-5H2,1H3,(H,22,24)/b13-8+/t15-/m1/s1. The monoisotopic (exact) mass is 350 g/mol. The number of hydrogen-bond donors (Lipinski definition) is 1. The topological polar surface area (TPSA) is 72.2 Å². The minimum atomic E-state index is -0.444. The zero-order chi connectivity index (χ0) is 18.5. The van der Waals surface area contributed by atoms with Crippen molar-refractivity contribution < 1.29 is 9.72 Å². The van der Waals surface area contributed by atoms with Gasteiger partial charge in [-0.05, 0) is 73.1 Å². The van der Waals surface area contributed by atoms with Crippen LogP contribution in [-0.2, 0) is 17.6 Å². The highest BCUT2D eigenvalue weighted by molar-refractivity contribution is 5.92. The van der Waals surface area contributed by atoms with Crippen LogP contribution in [-0.4, -0.2) is 10.8 Å². The molecular formula is C21H22N2O3. The van der Waals surface area contributed by atoms with E-state index in [-0.39, 0.29) is 17.6 Å². The number of carbonyl (C=O) groups is 1. The molecule has 0 aliphatic heterocycles. The molecule has 0 spiro atoms. The third-order valence-corrected chi connectivity index (χ3v) is 4.76. The fraction of sp³-hybridized carbons (Fsp3) is 0.286. The summed E-state index contributed by atoms with van der Waals surface area (Å²) in [6.45, 7) is 1.97. The summed E-state index contributed by atoms with van der Waals surface area (Å²) in [5, 5.41) is 13.6. The van der Waals surface area contributed by atoms with Gasteiger partial charge in [0.2, 0.25) is 5.91 Å². The van der Waals surface area contributed by atoms with E-state index in [9.17, 15) is 14.9 Å². The number of benzene rings is 2. The molecule has 0 saturated heterocycles. The van der Waals surface area contributed by atoms with Crippen molar-refractivity contribution in [3.63, 3.8) is 0 Å². The molecule has 0 heterocycles. The number of rotatable bonds is 5. The van der Waals surface area contributed by atoms with Gasteiger partial charge >= 0.3 is 0 Å². The van der Waals surface area contributed by atoms with Gasteiger partial charge in [0, 0.05) is 18.2 Å². The Morgan fingerprint density at radius 3 is 2.50 bits per heavy atom. The van der Waals surface area contributed by atoms with Gasteiger partial charge in [0.1, 0.15) is 0 Å². The molecule has 2 aromatic carbocycles. The second-order valence-electron chi connectivity index (χ2n) is 6.65. The van der Waals surface area contributed by atoms with Gasteiger partial charge in [-0.1, -0.05) is 18.2 Å². The van der Waals surface area contributed by atoms with Crippen LogP contribution in [0.3, 0.4) is 0 Å². The Labute approximate surface area is 152 Å². The molecule has 0 unspecified atom stereocenters. The Morgan fingerprint density at radius 2 is 1.81 bits per heavy atom. The van der Waals surface area contributed by atoms with E-state index in [1.807, 2.05) is 6.92 Å². The maximum Gasteiger partial charge on any atom is 0.269 e. The molecular weight excluding hydrogens is 328 g/mol. The highest BCUT2D eigenvalue weighted by Crippen LogP contribution is 2.24. The highest BCUT2D eigenvalue weighted by atomic mass is 16.6. The number of fused-ring (bicyclic) bond motifs is 1. The molecule has 0 fully saturated rings.